The predicted octanol–water partition coefficient (Wildman–Crippen LogP) is 5.20. The Morgan fingerprint density at radius 2 is 1.62 bits per heavy atom. The number of ether oxygens (including phenoxy) is 1. The lowest BCUT2D eigenvalue weighted by molar-refractivity contribution is -0.137. The molecule has 0 aliphatic carbocycles. The Bertz CT molecular complexity index is 1380. The molecule has 0 unspecified atom stereocenters. The number of hydrogen-bond donors (Lipinski definition) is 0. The van der Waals surface area contributed by atoms with E-state index in [0.717, 1.165) is 23.1 Å². The molecule has 2 saturated heterocycles. The Morgan fingerprint density at radius 3 is 2.24 bits per heavy atom. The Labute approximate surface area is 213 Å². The number of amides is 2. The fourth-order valence-corrected chi connectivity index (χ4v) is 4.70. The Hall–Kier alpha value is -3.89. The highest BCUT2D eigenvalue weighted by atomic mass is 35.5. The lowest BCUT2D eigenvalue weighted by Gasteiger charge is -2.29. The SMILES string of the molecule is COC(=O)c1ccc([C@@H]2[C@H]3C(=O)N(c4cccc(C(F)(F)F)c4)C(=O)[C@H]3ON2c2ccc(Cl)cc2)cc1. The first-order valence-corrected chi connectivity index (χ1v) is 11.4. The maximum atomic E-state index is 13.6. The van der Waals surface area contributed by atoms with Crippen LogP contribution in [0, 0.1) is 5.92 Å². The van der Waals surface area contributed by atoms with E-state index in [1.165, 1.54) is 30.4 Å². The van der Waals surface area contributed by atoms with E-state index in [2.05, 4.69) is 0 Å². The number of anilines is 2. The highest BCUT2D eigenvalue weighted by Crippen LogP contribution is 2.48. The molecule has 0 radical (unpaired) electrons. The Morgan fingerprint density at radius 1 is 0.946 bits per heavy atom. The van der Waals surface area contributed by atoms with Crippen LogP contribution in [0.5, 0.6) is 0 Å². The lowest BCUT2D eigenvalue weighted by Crippen LogP contribution is -2.37. The molecule has 2 aliphatic rings. The van der Waals surface area contributed by atoms with Crippen molar-refractivity contribution in [2.45, 2.75) is 18.3 Å². The minimum absolute atomic E-state index is 0.194. The number of fused-ring (bicyclic) bond motifs is 1. The van der Waals surface area contributed by atoms with Crippen LogP contribution in [-0.4, -0.2) is 31.0 Å². The van der Waals surface area contributed by atoms with E-state index < -0.39 is 47.6 Å². The summed E-state index contributed by atoms with van der Waals surface area (Å²) in [4.78, 5) is 45.5. The Kier molecular flexibility index (Phi) is 6.17. The fourth-order valence-electron chi connectivity index (χ4n) is 4.58. The highest BCUT2D eigenvalue weighted by Gasteiger charge is 2.60. The van der Waals surface area contributed by atoms with E-state index in [-0.39, 0.29) is 11.3 Å². The highest BCUT2D eigenvalue weighted by molar-refractivity contribution is 6.30. The van der Waals surface area contributed by atoms with Crippen molar-refractivity contribution < 1.29 is 37.1 Å². The quantitative estimate of drug-likeness (QED) is 0.341. The minimum Gasteiger partial charge on any atom is -0.465 e. The monoisotopic (exact) mass is 530 g/mol. The molecule has 0 saturated carbocycles. The van der Waals surface area contributed by atoms with Crippen molar-refractivity contribution in [3.63, 3.8) is 0 Å². The number of nitrogens with zero attached hydrogens (tertiary/aromatic N) is 2. The minimum atomic E-state index is -4.65. The third kappa shape index (κ3) is 4.32. The number of esters is 1. The number of benzene rings is 3. The van der Waals surface area contributed by atoms with Crippen LogP contribution in [0.2, 0.25) is 5.02 Å². The van der Waals surface area contributed by atoms with Gasteiger partial charge in [0.2, 0.25) is 5.91 Å². The topological polar surface area (TPSA) is 76.2 Å². The standard InChI is InChI=1S/C26H18ClF3N2O5/c1-36-25(35)15-7-5-14(6-8-15)21-20-22(37-32(21)18-11-9-17(27)10-12-18)24(34)31(23(20)33)19-4-2-3-16(13-19)26(28,29)30/h2-13,20-22H,1H3/t20-,21-,22+/m1/s1. The molecule has 37 heavy (non-hydrogen) atoms. The summed E-state index contributed by atoms with van der Waals surface area (Å²) in [6.45, 7) is 0. The molecule has 7 nitrogen and oxygen atoms in total. The van der Waals surface area contributed by atoms with Gasteiger partial charge < -0.3 is 4.74 Å². The summed E-state index contributed by atoms with van der Waals surface area (Å²) >= 11 is 6.01. The van der Waals surface area contributed by atoms with Gasteiger partial charge in [-0.3, -0.25) is 14.4 Å². The average Bonchev–Trinajstić information content (AvgIpc) is 3.39. The molecule has 2 aliphatic heterocycles. The van der Waals surface area contributed by atoms with Crippen molar-refractivity contribution in [1.29, 1.82) is 0 Å². The van der Waals surface area contributed by atoms with Crippen molar-refractivity contribution in [2.75, 3.05) is 17.1 Å². The summed E-state index contributed by atoms with van der Waals surface area (Å²) < 4.78 is 44.6. The molecule has 11 heteroatoms. The van der Waals surface area contributed by atoms with Gasteiger partial charge in [0.1, 0.15) is 5.92 Å². The number of carbonyl (C=O) groups excluding carboxylic acids is 3. The van der Waals surface area contributed by atoms with Crippen LogP contribution in [0.1, 0.15) is 27.5 Å². The molecule has 2 amide bonds. The summed E-state index contributed by atoms with van der Waals surface area (Å²) in [5.41, 5.74) is 0.148. The van der Waals surface area contributed by atoms with Crippen LogP contribution >= 0.6 is 11.6 Å². The van der Waals surface area contributed by atoms with E-state index >= 15 is 0 Å². The summed E-state index contributed by atoms with van der Waals surface area (Å²) in [5, 5.41) is 1.88. The number of halogens is 4. The largest absolute Gasteiger partial charge is 0.465 e. The zero-order valence-electron chi connectivity index (χ0n) is 19.1. The van der Waals surface area contributed by atoms with Crippen LogP contribution in [0.4, 0.5) is 24.5 Å². The first-order valence-electron chi connectivity index (χ1n) is 11.0. The number of hydroxylamine groups is 1. The zero-order chi connectivity index (χ0) is 26.5. The third-order valence-electron chi connectivity index (χ3n) is 6.30. The molecule has 0 aromatic heterocycles. The van der Waals surface area contributed by atoms with Gasteiger partial charge in [-0.05, 0) is 60.2 Å². The number of carbonyl (C=O) groups is 3. The molecule has 3 aromatic rings. The average molecular weight is 531 g/mol. The fraction of sp³-hybridized carbons (Fsp3) is 0.192. The molecule has 5 rings (SSSR count). The molecule has 0 N–H and O–H groups in total. The molecule has 2 heterocycles. The van der Waals surface area contributed by atoms with Gasteiger partial charge in [-0.1, -0.05) is 29.8 Å². The molecule has 3 aromatic carbocycles. The van der Waals surface area contributed by atoms with Crippen LogP contribution in [0.25, 0.3) is 0 Å². The van der Waals surface area contributed by atoms with Gasteiger partial charge in [-0.15, -0.1) is 0 Å². The normalized spacial score (nSPS) is 21.4. The second-order valence-electron chi connectivity index (χ2n) is 8.47. The van der Waals surface area contributed by atoms with E-state index in [9.17, 15) is 27.6 Å². The lowest BCUT2D eigenvalue weighted by atomic mass is 9.90. The van der Waals surface area contributed by atoms with Gasteiger partial charge in [0.15, 0.2) is 6.10 Å². The summed E-state index contributed by atoms with van der Waals surface area (Å²) in [7, 11) is 1.25. The van der Waals surface area contributed by atoms with Crippen LogP contribution in [0.15, 0.2) is 72.8 Å². The number of hydrogen-bond acceptors (Lipinski definition) is 6. The molecular formula is C26H18ClF3N2O5. The van der Waals surface area contributed by atoms with E-state index in [4.69, 9.17) is 21.2 Å². The number of alkyl halides is 3. The van der Waals surface area contributed by atoms with E-state index in [0.29, 0.717) is 16.3 Å². The van der Waals surface area contributed by atoms with Crippen molar-refractivity contribution in [3.05, 3.63) is 94.5 Å². The molecule has 3 atom stereocenters. The second-order valence-corrected chi connectivity index (χ2v) is 8.91. The molecule has 190 valence electrons. The predicted molar refractivity (Wildman–Crippen MR) is 127 cm³/mol. The van der Waals surface area contributed by atoms with Gasteiger partial charge in [0.25, 0.3) is 5.91 Å². The summed E-state index contributed by atoms with van der Waals surface area (Å²) in [5.74, 6) is -3.10. The molecule has 0 spiro atoms. The smallest absolute Gasteiger partial charge is 0.416 e. The number of rotatable bonds is 4. The van der Waals surface area contributed by atoms with Crippen LogP contribution < -0.4 is 9.96 Å². The zero-order valence-corrected chi connectivity index (χ0v) is 19.9. The number of methoxy groups -OCH3 is 1. The van der Waals surface area contributed by atoms with E-state index in [1.54, 1.807) is 36.4 Å². The summed E-state index contributed by atoms with van der Waals surface area (Å²) in [6, 6.07) is 16.0. The van der Waals surface area contributed by atoms with Gasteiger partial charge in [-0.25, -0.2) is 14.8 Å². The summed E-state index contributed by atoms with van der Waals surface area (Å²) in [6.07, 6.45) is -5.92. The third-order valence-corrected chi connectivity index (χ3v) is 6.55. The van der Waals surface area contributed by atoms with E-state index in [1.807, 2.05) is 0 Å². The first kappa shape index (κ1) is 24.8. The Balaban J connectivity index is 1.56. The number of imide groups is 1. The molecule has 0 bridgehead atoms. The van der Waals surface area contributed by atoms with Gasteiger partial charge in [-0.2, -0.15) is 13.2 Å². The van der Waals surface area contributed by atoms with Crippen molar-refractivity contribution in [1.82, 2.24) is 0 Å². The van der Waals surface area contributed by atoms with Crippen molar-refractivity contribution >= 4 is 40.8 Å². The molecule has 2 fully saturated rings. The van der Waals surface area contributed by atoms with Crippen molar-refractivity contribution in [2.24, 2.45) is 5.92 Å². The van der Waals surface area contributed by atoms with Gasteiger partial charge in [0, 0.05) is 5.02 Å². The maximum absolute atomic E-state index is 13.6. The second kappa shape index (κ2) is 9.20. The van der Waals surface area contributed by atoms with Crippen LogP contribution in [-0.2, 0) is 25.3 Å². The first-order chi connectivity index (χ1) is 17.6. The van der Waals surface area contributed by atoms with Gasteiger partial charge in [0.05, 0.1) is 35.7 Å². The van der Waals surface area contributed by atoms with Gasteiger partial charge >= 0.3 is 12.1 Å². The molecular weight excluding hydrogens is 513 g/mol. The maximum Gasteiger partial charge on any atom is 0.416 e. The van der Waals surface area contributed by atoms with Crippen LogP contribution in [0.3, 0.4) is 0 Å². The van der Waals surface area contributed by atoms with Crippen molar-refractivity contribution in [3.8, 4) is 0 Å².